The number of nitrogens with zero attached hydrogens (tertiary/aromatic N) is 1. The Hall–Kier alpha value is -2.13. The Morgan fingerprint density at radius 3 is 2.90 bits per heavy atom. The molecule has 0 unspecified atom stereocenters. The first-order valence-corrected chi connectivity index (χ1v) is 7.09. The number of carbonyl (C=O) groups is 2. The summed E-state index contributed by atoms with van der Waals surface area (Å²) < 4.78 is 0. The number of carboxylic acids is 1. The summed E-state index contributed by atoms with van der Waals surface area (Å²) in [6.45, 7) is 2.15. The van der Waals surface area contributed by atoms with Crippen molar-refractivity contribution in [3.05, 3.63) is 28.2 Å². The molecule has 1 heterocycles. The van der Waals surface area contributed by atoms with Crippen molar-refractivity contribution in [3.8, 4) is 6.07 Å². The standard InChI is InChI=1S/C14H14N2O3S/c1-8-2-3-11-9(6-8)10(7-15)14(20-11)16-12(17)4-5-13(18)19/h4-5,8H,2-3,6H2,1H3,(H,16,17)(H,18,19)/t8-/m0/s1. The maximum absolute atomic E-state index is 11.6. The number of aryl methyl sites for hydroxylation is 1. The minimum atomic E-state index is -1.18. The van der Waals surface area contributed by atoms with Crippen molar-refractivity contribution in [2.75, 3.05) is 5.32 Å². The van der Waals surface area contributed by atoms with Crippen LogP contribution in [0.4, 0.5) is 5.00 Å². The highest BCUT2D eigenvalue weighted by Crippen LogP contribution is 2.39. The number of hydrogen-bond acceptors (Lipinski definition) is 4. The SMILES string of the molecule is C[C@H]1CCc2sc(NC(=O)C=CC(=O)O)c(C#N)c2C1. The molecule has 0 saturated heterocycles. The lowest BCUT2D eigenvalue weighted by atomic mass is 9.88. The van der Waals surface area contributed by atoms with Gasteiger partial charge < -0.3 is 10.4 Å². The number of fused-ring (bicyclic) bond motifs is 1. The fourth-order valence-corrected chi connectivity index (χ4v) is 3.46. The minimum absolute atomic E-state index is 0.520. The predicted octanol–water partition coefficient (Wildman–Crippen LogP) is 2.32. The van der Waals surface area contributed by atoms with Gasteiger partial charge in [-0.3, -0.25) is 4.79 Å². The third-order valence-corrected chi connectivity index (χ3v) is 4.44. The van der Waals surface area contributed by atoms with Gasteiger partial charge in [-0.05, 0) is 30.7 Å². The number of carboxylic acid groups (broad SMARTS) is 1. The van der Waals surface area contributed by atoms with Gasteiger partial charge >= 0.3 is 5.97 Å². The second kappa shape index (κ2) is 5.88. The fourth-order valence-electron chi connectivity index (χ4n) is 2.26. The highest BCUT2D eigenvalue weighted by molar-refractivity contribution is 7.16. The Morgan fingerprint density at radius 2 is 2.25 bits per heavy atom. The molecule has 2 N–H and O–H groups in total. The van der Waals surface area contributed by atoms with E-state index >= 15 is 0 Å². The van der Waals surface area contributed by atoms with E-state index in [1.807, 2.05) is 0 Å². The molecule has 20 heavy (non-hydrogen) atoms. The summed E-state index contributed by atoms with van der Waals surface area (Å²) >= 11 is 1.42. The molecule has 1 aromatic rings. The molecule has 104 valence electrons. The normalized spacial score (nSPS) is 17.5. The van der Waals surface area contributed by atoms with Crippen molar-refractivity contribution < 1.29 is 14.7 Å². The molecule has 1 atom stereocenters. The van der Waals surface area contributed by atoms with Gasteiger partial charge in [0.2, 0.25) is 5.91 Å². The third-order valence-electron chi connectivity index (χ3n) is 3.23. The van der Waals surface area contributed by atoms with Crippen molar-refractivity contribution >= 4 is 28.2 Å². The first-order valence-electron chi connectivity index (χ1n) is 6.28. The smallest absolute Gasteiger partial charge is 0.328 e. The van der Waals surface area contributed by atoms with Gasteiger partial charge in [-0.25, -0.2) is 4.79 Å². The molecule has 0 spiro atoms. The zero-order valence-corrected chi connectivity index (χ0v) is 11.8. The van der Waals surface area contributed by atoms with Gasteiger partial charge in [-0.1, -0.05) is 6.92 Å². The Kier molecular flexibility index (Phi) is 4.20. The molecule has 0 aromatic carbocycles. The highest BCUT2D eigenvalue weighted by Gasteiger charge is 2.24. The summed E-state index contributed by atoms with van der Waals surface area (Å²) in [6.07, 6.45) is 4.60. The molecular formula is C14H14N2O3S. The third kappa shape index (κ3) is 3.06. The van der Waals surface area contributed by atoms with Crippen LogP contribution in [-0.2, 0) is 22.4 Å². The Morgan fingerprint density at radius 1 is 1.50 bits per heavy atom. The number of rotatable bonds is 3. The van der Waals surface area contributed by atoms with Gasteiger partial charge in [0, 0.05) is 17.0 Å². The van der Waals surface area contributed by atoms with Crippen LogP contribution in [0.2, 0.25) is 0 Å². The van der Waals surface area contributed by atoms with Crippen molar-refractivity contribution in [1.82, 2.24) is 0 Å². The van der Waals surface area contributed by atoms with E-state index in [0.717, 1.165) is 41.9 Å². The van der Waals surface area contributed by atoms with Gasteiger partial charge in [0.15, 0.2) is 0 Å². The van der Waals surface area contributed by atoms with E-state index in [0.29, 0.717) is 16.5 Å². The molecule has 5 nitrogen and oxygen atoms in total. The molecule has 0 radical (unpaired) electrons. The van der Waals surface area contributed by atoms with Gasteiger partial charge in [-0.2, -0.15) is 5.26 Å². The van der Waals surface area contributed by atoms with Crippen LogP contribution in [-0.4, -0.2) is 17.0 Å². The molecule has 1 aromatic heterocycles. The van der Waals surface area contributed by atoms with Crippen LogP contribution in [0, 0.1) is 17.2 Å². The molecular weight excluding hydrogens is 276 g/mol. The van der Waals surface area contributed by atoms with E-state index < -0.39 is 11.9 Å². The van der Waals surface area contributed by atoms with Crippen LogP contribution < -0.4 is 5.32 Å². The van der Waals surface area contributed by atoms with Crippen LogP contribution in [0.15, 0.2) is 12.2 Å². The second-order valence-corrected chi connectivity index (χ2v) is 5.93. The largest absolute Gasteiger partial charge is 0.478 e. The number of nitrogens with one attached hydrogen (secondary N) is 1. The molecule has 0 aliphatic heterocycles. The minimum Gasteiger partial charge on any atom is -0.478 e. The highest BCUT2D eigenvalue weighted by atomic mass is 32.1. The maximum Gasteiger partial charge on any atom is 0.328 e. The molecule has 1 amide bonds. The molecule has 1 aliphatic carbocycles. The monoisotopic (exact) mass is 290 g/mol. The number of hydrogen-bond donors (Lipinski definition) is 2. The van der Waals surface area contributed by atoms with E-state index in [9.17, 15) is 14.9 Å². The first kappa shape index (κ1) is 14.3. The molecule has 0 bridgehead atoms. The van der Waals surface area contributed by atoms with Crippen molar-refractivity contribution in [1.29, 1.82) is 5.26 Å². The van der Waals surface area contributed by atoms with Crippen LogP contribution in [0.3, 0.4) is 0 Å². The Balaban J connectivity index is 2.23. The van der Waals surface area contributed by atoms with Crippen molar-refractivity contribution in [3.63, 3.8) is 0 Å². The summed E-state index contributed by atoms with van der Waals surface area (Å²) in [5.41, 5.74) is 1.56. The molecule has 0 saturated carbocycles. The molecule has 0 fully saturated rings. The van der Waals surface area contributed by atoms with E-state index in [4.69, 9.17) is 5.11 Å². The summed E-state index contributed by atoms with van der Waals surface area (Å²) in [6, 6.07) is 2.15. The van der Waals surface area contributed by atoms with E-state index in [1.165, 1.54) is 11.3 Å². The summed E-state index contributed by atoms with van der Waals surface area (Å²) in [7, 11) is 0. The Bertz CT molecular complexity index is 625. The maximum atomic E-state index is 11.6. The predicted molar refractivity (Wildman–Crippen MR) is 75.6 cm³/mol. The topological polar surface area (TPSA) is 90.2 Å². The van der Waals surface area contributed by atoms with Crippen LogP contribution in [0.25, 0.3) is 0 Å². The Labute approximate surface area is 120 Å². The van der Waals surface area contributed by atoms with E-state index in [-0.39, 0.29) is 0 Å². The number of thiophene rings is 1. The second-order valence-electron chi connectivity index (χ2n) is 4.83. The lowest BCUT2D eigenvalue weighted by molar-refractivity contribution is -0.131. The van der Waals surface area contributed by atoms with Gasteiger partial charge in [0.1, 0.15) is 11.1 Å². The van der Waals surface area contributed by atoms with Crippen LogP contribution in [0.5, 0.6) is 0 Å². The first-order chi connectivity index (χ1) is 9.51. The summed E-state index contributed by atoms with van der Waals surface area (Å²) in [5.74, 6) is -1.17. The lowest BCUT2D eigenvalue weighted by Crippen LogP contribution is -2.10. The molecule has 2 rings (SSSR count). The molecule has 1 aliphatic rings. The lowest BCUT2D eigenvalue weighted by Gasteiger charge is -2.17. The van der Waals surface area contributed by atoms with Crippen molar-refractivity contribution in [2.45, 2.75) is 26.2 Å². The van der Waals surface area contributed by atoms with Gasteiger partial charge in [0.25, 0.3) is 0 Å². The van der Waals surface area contributed by atoms with Crippen LogP contribution >= 0.6 is 11.3 Å². The number of aliphatic carboxylic acids is 1. The zero-order chi connectivity index (χ0) is 14.7. The number of nitriles is 1. The van der Waals surface area contributed by atoms with Gasteiger partial charge in [0.05, 0.1) is 5.56 Å². The van der Waals surface area contributed by atoms with Crippen molar-refractivity contribution in [2.24, 2.45) is 5.92 Å². The van der Waals surface area contributed by atoms with Gasteiger partial charge in [-0.15, -0.1) is 11.3 Å². The fraction of sp³-hybridized carbons (Fsp3) is 0.357. The molecule has 6 heteroatoms. The quantitative estimate of drug-likeness (QED) is 0.836. The number of anilines is 1. The van der Waals surface area contributed by atoms with E-state index in [2.05, 4.69) is 18.3 Å². The summed E-state index contributed by atoms with van der Waals surface area (Å²) in [4.78, 5) is 23.1. The zero-order valence-electron chi connectivity index (χ0n) is 11.0. The average Bonchev–Trinajstić information content (AvgIpc) is 2.72. The van der Waals surface area contributed by atoms with E-state index in [1.54, 1.807) is 0 Å². The average molecular weight is 290 g/mol. The number of carbonyl (C=O) groups excluding carboxylic acids is 1. The van der Waals surface area contributed by atoms with Crippen LogP contribution in [0.1, 0.15) is 29.3 Å². The number of amides is 1. The summed E-state index contributed by atoms with van der Waals surface area (Å²) in [5, 5.41) is 20.9.